The molecule has 1 N–H and O–H groups in total. The molecule has 0 bridgehead atoms. The van der Waals surface area contributed by atoms with Gasteiger partial charge in [-0.05, 0) is 26.0 Å². The summed E-state index contributed by atoms with van der Waals surface area (Å²) in [5, 5.41) is 7.40. The van der Waals surface area contributed by atoms with Crippen molar-refractivity contribution in [3.05, 3.63) is 36.0 Å². The molecule has 1 amide bonds. The van der Waals surface area contributed by atoms with Crippen LogP contribution in [0.1, 0.15) is 12.6 Å². The zero-order chi connectivity index (χ0) is 13.4. The molecule has 0 radical (unpaired) electrons. The standard InChI is InChI=1S/C14H16N4O/c1-3-18-14-13(10(2)16-18)15-12(19)9-17(14)11-7-5-4-6-8-11/h4-8H,3,9H2,1-2H3,(H,15,19). The normalized spacial score (nSPS) is 14.2. The van der Waals surface area contributed by atoms with Crippen molar-refractivity contribution in [2.75, 3.05) is 16.8 Å². The lowest BCUT2D eigenvalue weighted by Crippen LogP contribution is -2.36. The van der Waals surface area contributed by atoms with Gasteiger partial charge in [0.2, 0.25) is 5.91 Å². The van der Waals surface area contributed by atoms with Crippen molar-refractivity contribution < 1.29 is 4.79 Å². The van der Waals surface area contributed by atoms with Gasteiger partial charge in [-0.2, -0.15) is 5.10 Å². The summed E-state index contributed by atoms with van der Waals surface area (Å²) in [6.07, 6.45) is 0. The smallest absolute Gasteiger partial charge is 0.244 e. The quantitative estimate of drug-likeness (QED) is 0.897. The van der Waals surface area contributed by atoms with Gasteiger partial charge in [0, 0.05) is 12.2 Å². The SMILES string of the molecule is CCn1nc(C)c2c1N(c1ccccc1)CC(=O)N2. The monoisotopic (exact) mass is 256 g/mol. The van der Waals surface area contributed by atoms with Crippen LogP contribution in [0.4, 0.5) is 17.2 Å². The minimum atomic E-state index is -0.00453. The number of carbonyl (C=O) groups is 1. The number of amides is 1. The maximum atomic E-state index is 11.9. The van der Waals surface area contributed by atoms with Crippen LogP contribution in [0.3, 0.4) is 0 Å². The lowest BCUT2D eigenvalue weighted by atomic mass is 10.2. The van der Waals surface area contributed by atoms with E-state index in [4.69, 9.17) is 0 Å². The summed E-state index contributed by atoms with van der Waals surface area (Å²) < 4.78 is 1.93. The van der Waals surface area contributed by atoms with E-state index in [0.29, 0.717) is 6.54 Å². The predicted molar refractivity (Wildman–Crippen MR) is 74.7 cm³/mol. The molecule has 2 aromatic rings. The lowest BCUT2D eigenvalue weighted by molar-refractivity contribution is -0.115. The van der Waals surface area contributed by atoms with Gasteiger partial charge in [0.15, 0.2) is 5.82 Å². The highest BCUT2D eigenvalue weighted by Gasteiger charge is 2.29. The minimum absolute atomic E-state index is 0.00453. The number of anilines is 3. The van der Waals surface area contributed by atoms with Crippen molar-refractivity contribution in [2.24, 2.45) is 0 Å². The molecule has 19 heavy (non-hydrogen) atoms. The Hall–Kier alpha value is -2.30. The third-order valence-corrected chi connectivity index (χ3v) is 3.29. The summed E-state index contributed by atoms with van der Waals surface area (Å²) in [7, 11) is 0. The molecular formula is C14H16N4O. The molecular weight excluding hydrogens is 240 g/mol. The summed E-state index contributed by atoms with van der Waals surface area (Å²) >= 11 is 0. The Morgan fingerprint density at radius 2 is 2.05 bits per heavy atom. The molecule has 1 aliphatic rings. The van der Waals surface area contributed by atoms with Crippen LogP contribution in [-0.2, 0) is 11.3 Å². The molecule has 1 aromatic carbocycles. The van der Waals surface area contributed by atoms with E-state index < -0.39 is 0 Å². The number of aryl methyl sites for hydroxylation is 2. The average molecular weight is 256 g/mol. The van der Waals surface area contributed by atoms with Crippen LogP contribution in [0, 0.1) is 6.92 Å². The summed E-state index contributed by atoms with van der Waals surface area (Å²) in [4.78, 5) is 13.9. The van der Waals surface area contributed by atoms with Gasteiger partial charge in [-0.3, -0.25) is 4.79 Å². The van der Waals surface area contributed by atoms with Crippen LogP contribution >= 0.6 is 0 Å². The number of nitrogens with one attached hydrogen (secondary N) is 1. The molecule has 98 valence electrons. The van der Waals surface area contributed by atoms with Crippen molar-refractivity contribution in [3.63, 3.8) is 0 Å². The van der Waals surface area contributed by atoms with Crippen molar-refractivity contribution in [1.29, 1.82) is 0 Å². The fourth-order valence-electron chi connectivity index (χ4n) is 2.43. The van der Waals surface area contributed by atoms with Crippen molar-refractivity contribution in [1.82, 2.24) is 9.78 Å². The first kappa shape index (κ1) is 11.8. The first-order valence-electron chi connectivity index (χ1n) is 6.40. The van der Waals surface area contributed by atoms with E-state index in [2.05, 4.69) is 10.4 Å². The first-order chi connectivity index (χ1) is 9.20. The molecule has 3 rings (SSSR count). The molecule has 0 unspecified atom stereocenters. The van der Waals surface area contributed by atoms with Gasteiger partial charge in [0.05, 0.1) is 5.69 Å². The second-order valence-corrected chi connectivity index (χ2v) is 4.57. The van der Waals surface area contributed by atoms with Crippen LogP contribution in [0.25, 0.3) is 0 Å². The third-order valence-electron chi connectivity index (χ3n) is 3.29. The number of carbonyl (C=O) groups excluding carboxylic acids is 1. The molecule has 0 saturated heterocycles. The number of aromatic nitrogens is 2. The molecule has 5 nitrogen and oxygen atoms in total. The first-order valence-corrected chi connectivity index (χ1v) is 6.40. The Kier molecular flexibility index (Phi) is 2.74. The number of fused-ring (bicyclic) bond motifs is 1. The molecule has 5 heteroatoms. The summed E-state index contributed by atoms with van der Waals surface area (Å²) in [6, 6.07) is 9.92. The lowest BCUT2D eigenvalue weighted by Gasteiger charge is -2.29. The fourth-order valence-corrected chi connectivity index (χ4v) is 2.43. The van der Waals surface area contributed by atoms with Gasteiger partial charge in [0.25, 0.3) is 0 Å². The van der Waals surface area contributed by atoms with E-state index in [1.165, 1.54) is 0 Å². The highest BCUT2D eigenvalue weighted by atomic mass is 16.2. The van der Waals surface area contributed by atoms with Gasteiger partial charge < -0.3 is 10.2 Å². The van der Waals surface area contributed by atoms with E-state index in [9.17, 15) is 4.79 Å². The molecule has 0 fully saturated rings. The maximum Gasteiger partial charge on any atom is 0.244 e. The Labute approximate surface area is 111 Å². The van der Waals surface area contributed by atoms with Crippen LogP contribution in [0.5, 0.6) is 0 Å². The summed E-state index contributed by atoms with van der Waals surface area (Å²) in [5.74, 6) is 0.959. The molecule has 0 aliphatic carbocycles. The van der Waals surface area contributed by atoms with Gasteiger partial charge >= 0.3 is 0 Å². The van der Waals surface area contributed by atoms with Crippen molar-refractivity contribution in [3.8, 4) is 0 Å². The number of nitrogens with zero attached hydrogens (tertiary/aromatic N) is 3. The second kappa shape index (κ2) is 4.42. The predicted octanol–water partition coefficient (Wildman–Crippen LogP) is 2.30. The largest absolute Gasteiger partial charge is 0.320 e. The number of para-hydroxylation sites is 1. The van der Waals surface area contributed by atoms with E-state index >= 15 is 0 Å². The van der Waals surface area contributed by atoms with Crippen molar-refractivity contribution in [2.45, 2.75) is 20.4 Å². The van der Waals surface area contributed by atoms with E-state index in [-0.39, 0.29) is 5.91 Å². The molecule has 1 aromatic heterocycles. The van der Waals surface area contributed by atoms with Crippen LogP contribution in [-0.4, -0.2) is 22.2 Å². The Morgan fingerprint density at radius 3 is 2.74 bits per heavy atom. The molecule has 0 spiro atoms. The zero-order valence-electron chi connectivity index (χ0n) is 11.1. The average Bonchev–Trinajstić information content (AvgIpc) is 2.76. The van der Waals surface area contributed by atoms with Crippen molar-refractivity contribution >= 4 is 23.1 Å². The molecule has 2 heterocycles. The van der Waals surface area contributed by atoms with Gasteiger partial charge in [-0.25, -0.2) is 4.68 Å². The fraction of sp³-hybridized carbons (Fsp3) is 0.286. The summed E-state index contributed by atoms with van der Waals surface area (Å²) in [5.41, 5.74) is 2.68. The molecule has 0 saturated carbocycles. The number of hydrogen-bond acceptors (Lipinski definition) is 3. The van der Waals surface area contributed by atoms with Gasteiger partial charge in [0.1, 0.15) is 12.2 Å². The van der Waals surface area contributed by atoms with E-state index in [0.717, 1.165) is 29.4 Å². The third kappa shape index (κ3) is 1.87. The Balaban J connectivity index is 2.16. The molecule has 0 atom stereocenters. The maximum absolute atomic E-state index is 11.9. The van der Waals surface area contributed by atoms with E-state index in [1.54, 1.807) is 0 Å². The second-order valence-electron chi connectivity index (χ2n) is 4.57. The zero-order valence-corrected chi connectivity index (χ0v) is 11.1. The number of rotatable bonds is 2. The highest BCUT2D eigenvalue weighted by Crippen LogP contribution is 2.36. The Morgan fingerprint density at radius 1 is 1.32 bits per heavy atom. The number of hydrogen-bond donors (Lipinski definition) is 1. The summed E-state index contributed by atoms with van der Waals surface area (Å²) in [6.45, 7) is 5.06. The van der Waals surface area contributed by atoms with E-state index in [1.807, 2.05) is 53.8 Å². The number of benzene rings is 1. The van der Waals surface area contributed by atoms with Crippen LogP contribution in [0.2, 0.25) is 0 Å². The van der Waals surface area contributed by atoms with Crippen LogP contribution < -0.4 is 10.2 Å². The molecule has 1 aliphatic heterocycles. The van der Waals surface area contributed by atoms with Crippen LogP contribution in [0.15, 0.2) is 30.3 Å². The van der Waals surface area contributed by atoms with Gasteiger partial charge in [-0.15, -0.1) is 0 Å². The Bertz CT molecular complexity index is 618. The highest BCUT2D eigenvalue weighted by molar-refractivity contribution is 6.03. The minimum Gasteiger partial charge on any atom is -0.320 e. The van der Waals surface area contributed by atoms with Gasteiger partial charge in [-0.1, -0.05) is 18.2 Å². The topological polar surface area (TPSA) is 50.2 Å².